The Morgan fingerprint density at radius 2 is 2.00 bits per heavy atom. The van der Waals surface area contributed by atoms with Crippen molar-refractivity contribution in [1.29, 1.82) is 0 Å². The van der Waals surface area contributed by atoms with Gasteiger partial charge in [0.15, 0.2) is 17.6 Å². The average molecular weight is 356 g/mol. The summed E-state index contributed by atoms with van der Waals surface area (Å²) in [5.74, 6) is 2.84. The Labute approximate surface area is 151 Å². The van der Waals surface area contributed by atoms with Crippen molar-refractivity contribution in [3.8, 4) is 17.2 Å². The van der Waals surface area contributed by atoms with Crippen molar-refractivity contribution in [3.63, 3.8) is 0 Å². The van der Waals surface area contributed by atoms with E-state index in [1.54, 1.807) is 31.2 Å². The van der Waals surface area contributed by atoms with Crippen LogP contribution < -0.4 is 24.4 Å². The van der Waals surface area contributed by atoms with Gasteiger partial charge in [0.2, 0.25) is 6.79 Å². The molecule has 1 saturated heterocycles. The molecule has 2 aliphatic heterocycles. The molecule has 1 aromatic carbocycles. The number of rotatable bonds is 5. The van der Waals surface area contributed by atoms with E-state index in [9.17, 15) is 4.79 Å². The van der Waals surface area contributed by atoms with Crippen LogP contribution in [0.1, 0.15) is 19.8 Å². The lowest BCUT2D eigenvalue weighted by Gasteiger charge is -2.17. The molecule has 1 unspecified atom stereocenters. The topological polar surface area (TPSA) is 85.8 Å². The summed E-state index contributed by atoms with van der Waals surface area (Å²) < 4.78 is 16.3. The predicted molar refractivity (Wildman–Crippen MR) is 94.8 cm³/mol. The molecule has 1 aromatic heterocycles. The maximum Gasteiger partial charge on any atom is 0.266 e. The number of aromatic nitrogens is 2. The number of carbonyl (C=O) groups excluding carboxylic acids is 1. The first-order valence-corrected chi connectivity index (χ1v) is 8.63. The van der Waals surface area contributed by atoms with Crippen LogP contribution in [-0.2, 0) is 4.79 Å². The molecule has 0 bridgehead atoms. The first-order chi connectivity index (χ1) is 12.7. The summed E-state index contributed by atoms with van der Waals surface area (Å²) in [6.07, 6.45) is 3.09. The van der Waals surface area contributed by atoms with Crippen LogP contribution in [0.2, 0.25) is 0 Å². The van der Waals surface area contributed by atoms with E-state index in [1.807, 2.05) is 0 Å². The molecule has 1 amide bonds. The SMILES string of the molecule is CC(Oc1ccc2c(c1)OCO2)C(=O)Nc1cc(N2CCCC2)ncn1. The maximum atomic E-state index is 12.4. The molecule has 1 fully saturated rings. The molecule has 2 aliphatic rings. The van der Waals surface area contributed by atoms with Gasteiger partial charge in [-0.15, -0.1) is 0 Å². The number of nitrogens with one attached hydrogen (secondary N) is 1. The van der Waals surface area contributed by atoms with Crippen LogP contribution in [0.4, 0.5) is 11.6 Å². The number of carbonyl (C=O) groups is 1. The lowest BCUT2D eigenvalue weighted by molar-refractivity contribution is -0.122. The summed E-state index contributed by atoms with van der Waals surface area (Å²) in [6, 6.07) is 7.00. The first kappa shape index (κ1) is 16.4. The largest absolute Gasteiger partial charge is 0.481 e. The third-order valence-corrected chi connectivity index (χ3v) is 4.36. The highest BCUT2D eigenvalue weighted by atomic mass is 16.7. The second-order valence-electron chi connectivity index (χ2n) is 6.22. The van der Waals surface area contributed by atoms with Crippen molar-refractivity contribution in [1.82, 2.24) is 9.97 Å². The van der Waals surface area contributed by atoms with Gasteiger partial charge in [0, 0.05) is 25.2 Å². The number of ether oxygens (including phenoxy) is 3. The highest BCUT2D eigenvalue weighted by Gasteiger charge is 2.20. The van der Waals surface area contributed by atoms with E-state index in [4.69, 9.17) is 14.2 Å². The van der Waals surface area contributed by atoms with Gasteiger partial charge in [-0.3, -0.25) is 4.79 Å². The summed E-state index contributed by atoms with van der Waals surface area (Å²) in [4.78, 5) is 23.0. The highest BCUT2D eigenvalue weighted by molar-refractivity contribution is 5.93. The minimum Gasteiger partial charge on any atom is -0.481 e. The fraction of sp³-hybridized carbons (Fsp3) is 0.389. The highest BCUT2D eigenvalue weighted by Crippen LogP contribution is 2.35. The fourth-order valence-corrected chi connectivity index (χ4v) is 2.97. The number of nitrogens with zero attached hydrogens (tertiary/aromatic N) is 3. The van der Waals surface area contributed by atoms with E-state index in [2.05, 4.69) is 20.2 Å². The van der Waals surface area contributed by atoms with Gasteiger partial charge in [-0.05, 0) is 31.9 Å². The normalized spacial score (nSPS) is 16.4. The van der Waals surface area contributed by atoms with E-state index < -0.39 is 6.10 Å². The van der Waals surface area contributed by atoms with Crippen molar-refractivity contribution < 1.29 is 19.0 Å². The van der Waals surface area contributed by atoms with Gasteiger partial charge in [-0.25, -0.2) is 9.97 Å². The van der Waals surface area contributed by atoms with E-state index in [-0.39, 0.29) is 12.7 Å². The minimum atomic E-state index is -0.694. The molecular weight excluding hydrogens is 336 g/mol. The van der Waals surface area contributed by atoms with Crippen LogP contribution in [0.3, 0.4) is 0 Å². The smallest absolute Gasteiger partial charge is 0.266 e. The van der Waals surface area contributed by atoms with E-state index >= 15 is 0 Å². The average Bonchev–Trinajstić information content (AvgIpc) is 3.33. The van der Waals surface area contributed by atoms with Crippen molar-refractivity contribution in [2.75, 3.05) is 30.1 Å². The molecule has 0 radical (unpaired) electrons. The summed E-state index contributed by atoms with van der Waals surface area (Å²) in [7, 11) is 0. The lowest BCUT2D eigenvalue weighted by Crippen LogP contribution is -2.30. The Morgan fingerprint density at radius 1 is 1.19 bits per heavy atom. The first-order valence-electron chi connectivity index (χ1n) is 8.63. The molecule has 2 aromatic rings. The van der Waals surface area contributed by atoms with Crippen LogP contribution in [0.5, 0.6) is 17.2 Å². The zero-order valence-electron chi connectivity index (χ0n) is 14.5. The second kappa shape index (κ2) is 7.07. The van der Waals surface area contributed by atoms with Gasteiger partial charge in [0.05, 0.1) is 0 Å². The summed E-state index contributed by atoms with van der Waals surface area (Å²) in [6.45, 7) is 3.84. The number of benzene rings is 1. The lowest BCUT2D eigenvalue weighted by atomic mass is 10.3. The third kappa shape index (κ3) is 3.49. The van der Waals surface area contributed by atoms with Gasteiger partial charge in [0.25, 0.3) is 5.91 Å². The van der Waals surface area contributed by atoms with E-state index in [0.717, 1.165) is 31.7 Å². The van der Waals surface area contributed by atoms with Crippen LogP contribution in [0.25, 0.3) is 0 Å². The molecule has 0 saturated carbocycles. The number of fused-ring (bicyclic) bond motifs is 1. The van der Waals surface area contributed by atoms with Crippen LogP contribution >= 0.6 is 0 Å². The van der Waals surface area contributed by atoms with E-state index in [0.29, 0.717) is 23.1 Å². The molecule has 3 heterocycles. The molecule has 8 heteroatoms. The number of hydrogen-bond acceptors (Lipinski definition) is 7. The molecule has 26 heavy (non-hydrogen) atoms. The van der Waals surface area contributed by atoms with Crippen LogP contribution in [0, 0.1) is 0 Å². The zero-order chi connectivity index (χ0) is 17.9. The Morgan fingerprint density at radius 3 is 2.85 bits per heavy atom. The maximum absolute atomic E-state index is 12.4. The summed E-state index contributed by atoms with van der Waals surface area (Å²) in [5, 5.41) is 2.78. The summed E-state index contributed by atoms with van der Waals surface area (Å²) in [5.41, 5.74) is 0. The van der Waals surface area contributed by atoms with Crippen molar-refractivity contribution >= 4 is 17.5 Å². The number of hydrogen-bond donors (Lipinski definition) is 1. The molecule has 1 N–H and O–H groups in total. The molecule has 8 nitrogen and oxygen atoms in total. The van der Waals surface area contributed by atoms with Gasteiger partial charge in [0.1, 0.15) is 23.7 Å². The van der Waals surface area contributed by atoms with Gasteiger partial charge >= 0.3 is 0 Å². The molecule has 1 atom stereocenters. The summed E-state index contributed by atoms with van der Waals surface area (Å²) >= 11 is 0. The van der Waals surface area contributed by atoms with Crippen LogP contribution in [0.15, 0.2) is 30.6 Å². The molecule has 136 valence electrons. The van der Waals surface area contributed by atoms with Crippen LogP contribution in [-0.4, -0.2) is 41.9 Å². The Hall–Kier alpha value is -3.03. The van der Waals surface area contributed by atoms with Gasteiger partial charge < -0.3 is 24.4 Å². The van der Waals surface area contributed by atoms with Gasteiger partial charge in [-0.2, -0.15) is 0 Å². The minimum absolute atomic E-state index is 0.196. The standard InChI is InChI=1S/C18H20N4O4/c1-12(26-13-4-5-14-15(8-13)25-11-24-14)18(23)21-16-9-17(20-10-19-16)22-6-2-3-7-22/h4-5,8-10,12H,2-3,6-7,11H2,1H3,(H,19,20,21,23). The van der Waals surface area contributed by atoms with Gasteiger partial charge in [-0.1, -0.05) is 0 Å². The zero-order valence-corrected chi connectivity index (χ0v) is 14.5. The third-order valence-electron chi connectivity index (χ3n) is 4.36. The Bertz CT molecular complexity index is 808. The Balaban J connectivity index is 1.39. The second-order valence-corrected chi connectivity index (χ2v) is 6.22. The quantitative estimate of drug-likeness (QED) is 0.879. The monoisotopic (exact) mass is 356 g/mol. The molecule has 0 spiro atoms. The molecular formula is C18H20N4O4. The molecule has 0 aliphatic carbocycles. The number of anilines is 2. The van der Waals surface area contributed by atoms with Crippen molar-refractivity contribution in [2.24, 2.45) is 0 Å². The van der Waals surface area contributed by atoms with Crippen molar-refractivity contribution in [3.05, 3.63) is 30.6 Å². The van der Waals surface area contributed by atoms with E-state index in [1.165, 1.54) is 6.33 Å². The Kier molecular flexibility index (Phi) is 4.47. The predicted octanol–water partition coefficient (Wildman–Crippen LogP) is 2.21. The van der Waals surface area contributed by atoms with Crippen molar-refractivity contribution in [2.45, 2.75) is 25.9 Å². The molecule has 4 rings (SSSR count). The fourth-order valence-electron chi connectivity index (χ4n) is 2.97. The number of amides is 1.